The number of nitrogens with zero attached hydrogens (tertiary/aromatic N) is 2. The summed E-state index contributed by atoms with van der Waals surface area (Å²) >= 11 is 0. The third-order valence-corrected chi connectivity index (χ3v) is 3.41. The van der Waals surface area contributed by atoms with Crippen molar-refractivity contribution in [1.82, 2.24) is 4.98 Å². The summed E-state index contributed by atoms with van der Waals surface area (Å²) in [4.78, 5) is 3.88. The van der Waals surface area contributed by atoms with E-state index >= 15 is 0 Å². The number of pyridine rings is 1. The predicted octanol–water partition coefficient (Wildman–Crippen LogP) is 1.04. The Morgan fingerprint density at radius 3 is 2.80 bits per heavy atom. The molecule has 1 atom stereocenters. The summed E-state index contributed by atoms with van der Waals surface area (Å²) < 4.78 is 25.3. The Kier molecular flexibility index (Phi) is 3.27. The molecule has 1 heterocycles. The van der Waals surface area contributed by atoms with Gasteiger partial charge in [0.15, 0.2) is 5.25 Å². The third kappa shape index (κ3) is 2.67. The topological polar surface area (TPSA) is 82.8 Å². The summed E-state index contributed by atoms with van der Waals surface area (Å²) in [7, 11) is -3.66. The molecule has 0 bridgehead atoms. The zero-order valence-corrected chi connectivity index (χ0v) is 9.25. The van der Waals surface area contributed by atoms with Crippen LogP contribution >= 0.6 is 0 Å². The second-order valence-electron chi connectivity index (χ2n) is 3.09. The molecule has 0 aromatic carbocycles. The average Bonchev–Trinajstić information content (AvgIpc) is 2.20. The molecule has 1 N–H and O–H groups in total. The molecule has 0 fully saturated rings. The maximum absolute atomic E-state index is 11.5. The van der Waals surface area contributed by atoms with Crippen molar-refractivity contribution in [3.8, 4) is 6.07 Å². The molecule has 5 nitrogen and oxygen atoms in total. The lowest BCUT2D eigenvalue weighted by Gasteiger charge is -2.09. The molecule has 1 unspecified atom stereocenters. The summed E-state index contributed by atoms with van der Waals surface area (Å²) in [5.74, 6) is 0.264. The van der Waals surface area contributed by atoms with Crippen LogP contribution in [0, 0.1) is 18.3 Å². The van der Waals surface area contributed by atoms with E-state index in [1.54, 1.807) is 25.1 Å². The van der Waals surface area contributed by atoms with Gasteiger partial charge in [0.2, 0.25) is 10.0 Å². The Balaban J connectivity index is 2.98. The van der Waals surface area contributed by atoms with E-state index in [9.17, 15) is 8.42 Å². The number of nitriles is 1. The van der Waals surface area contributed by atoms with Crippen molar-refractivity contribution in [1.29, 1.82) is 5.26 Å². The number of sulfonamides is 1. The number of rotatable bonds is 3. The normalized spacial score (nSPS) is 12.9. The van der Waals surface area contributed by atoms with Crippen molar-refractivity contribution in [2.45, 2.75) is 19.1 Å². The summed E-state index contributed by atoms with van der Waals surface area (Å²) in [5, 5.41) is 7.43. The molecular formula is C9H11N3O2S. The van der Waals surface area contributed by atoms with Crippen molar-refractivity contribution >= 4 is 15.8 Å². The lowest BCUT2D eigenvalue weighted by molar-refractivity contribution is 0.597. The van der Waals surface area contributed by atoms with E-state index < -0.39 is 15.3 Å². The monoisotopic (exact) mass is 225 g/mol. The van der Waals surface area contributed by atoms with E-state index in [0.717, 1.165) is 0 Å². The lowest BCUT2D eigenvalue weighted by Crippen LogP contribution is -2.24. The zero-order valence-electron chi connectivity index (χ0n) is 8.43. The molecule has 0 radical (unpaired) electrons. The van der Waals surface area contributed by atoms with Crippen LogP contribution in [-0.2, 0) is 10.0 Å². The molecule has 1 aromatic heterocycles. The SMILES string of the molecule is Cc1cccnc1NS(=O)(=O)C(C)C#N. The smallest absolute Gasteiger partial charge is 0.250 e. The number of hydrogen-bond acceptors (Lipinski definition) is 4. The van der Waals surface area contributed by atoms with Crippen LogP contribution in [0.4, 0.5) is 5.82 Å². The number of aromatic nitrogens is 1. The molecule has 0 aliphatic heterocycles. The summed E-state index contributed by atoms with van der Waals surface area (Å²) in [6.07, 6.45) is 1.49. The average molecular weight is 225 g/mol. The van der Waals surface area contributed by atoms with Crippen LogP contribution in [-0.4, -0.2) is 18.7 Å². The molecule has 0 saturated heterocycles. The minimum atomic E-state index is -3.66. The van der Waals surface area contributed by atoms with E-state index in [2.05, 4.69) is 9.71 Å². The van der Waals surface area contributed by atoms with Gasteiger partial charge in [-0.2, -0.15) is 5.26 Å². The van der Waals surface area contributed by atoms with E-state index in [1.165, 1.54) is 13.1 Å². The fourth-order valence-corrected chi connectivity index (χ4v) is 1.68. The van der Waals surface area contributed by atoms with Crippen molar-refractivity contribution in [2.24, 2.45) is 0 Å². The standard InChI is InChI=1S/C9H11N3O2S/c1-7-4-3-5-11-9(7)12-15(13,14)8(2)6-10/h3-5,8H,1-2H3,(H,11,12). The summed E-state index contributed by atoms with van der Waals surface area (Å²) in [5.41, 5.74) is 0.714. The molecule has 15 heavy (non-hydrogen) atoms. The van der Waals surface area contributed by atoms with Gasteiger partial charge in [0.05, 0.1) is 6.07 Å². The Morgan fingerprint density at radius 1 is 1.60 bits per heavy atom. The lowest BCUT2D eigenvalue weighted by atomic mass is 10.3. The number of aryl methyl sites for hydroxylation is 1. The van der Waals surface area contributed by atoms with Crippen LogP contribution in [0.15, 0.2) is 18.3 Å². The first-order chi connectivity index (χ1) is 6.97. The first-order valence-corrected chi connectivity index (χ1v) is 5.85. The Morgan fingerprint density at radius 2 is 2.27 bits per heavy atom. The number of nitrogens with one attached hydrogen (secondary N) is 1. The first-order valence-electron chi connectivity index (χ1n) is 4.30. The highest BCUT2D eigenvalue weighted by molar-refractivity contribution is 7.93. The van der Waals surface area contributed by atoms with Crippen molar-refractivity contribution in [3.05, 3.63) is 23.9 Å². The van der Waals surface area contributed by atoms with Crippen LogP contribution in [0.3, 0.4) is 0 Å². The second kappa shape index (κ2) is 4.28. The van der Waals surface area contributed by atoms with Crippen LogP contribution < -0.4 is 4.72 Å². The van der Waals surface area contributed by atoms with Crippen molar-refractivity contribution in [3.63, 3.8) is 0 Å². The zero-order chi connectivity index (χ0) is 11.5. The molecule has 1 aromatic rings. The van der Waals surface area contributed by atoms with Gasteiger partial charge in [-0.1, -0.05) is 6.07 Å². The Labute approximate surface area is 88.8 Å². The van der Waals surface area contributed by atoms with Crippen molar-refractivity contribution < 1.29 is 8.42 Å². The molecule has 1 rings (SSSR count). The highest BCUT2D eigenvalue weighted by Crippen LogP contribution is 2.13. The van der Waals surface area contributed by atoms with E-state index in [1.807, 2.05) is 0 Å². The highest BCUT2D eigenvalue weighted by atomic mass is 32.2. The number of anilines is 1. The number of hydrogen-bond donors (Lipinski definition) is 1. The molecule has 0 aliphatic carbocycles. The maximum atomic E-state index is 11.5. The van der Waals surface area contributed by atoms with E-state index in [-0.39, 0.29) is 5.82 Å². The van der Waals surface area contributed by atoms with Gasteiger partial charge in [0.1, 0.15) is 5.82 Å². The molecular weight excluding hydrogens is 214 g/mol. The minimum absolute atomic E-state index is 0.264. The quantitative estimate of drug-likeness (QED) is 0.833. The third-order valence-electron chi connectivity index (χ3n) is 1.90. The minimum Gasteiger partial charge on any atom is -0.266 e. The van der Waals surface area contributed by atoms with Crippen LogP contribution in [0.2, 0.25) is 0 Å². The molecule has 80 valence electrons. The van der Waals surface area contributed by atoms with Gasteiger partial charge in [-0.05, 0) is 25.5 Å². The van der Waals surface area contributed by atoms with Gasteiger partial charge in [-0.3, -0.25) is 4.72 Å². The molecule has 0 spiro atoms. The fourth-order valence-electron chi connectivity index (χ4n) is 0.885. The van der Waals surface area contributed by atoms with Gasteiger partial charge in [-0.15, -0.1) is 0 Å². The van der Waals surface area contributed by atoms with E-state index in [4.69, 9.17) is 5.26 Å². The van der Waals surface area contributed by atoms with Crippen LogP contribution in [0.1, 0.15) is 12.5 Å². The Bertz CT molecular complexity index is 490. The second-order valence-corrected chi connectivity index (χ2v) is 5.09. The molecule has 0 saturated carbocycles. The van der Waals surface area contributed by atoms with E-state index in [0.29, 0.717) is 5.56 Å². The summed E-state index contributed by atoms with van der Waals surface area (Å²) in [6, 6.07) is 5.11. The largest absolute Gasteiger partial charge is 0.266 e. The fraction of sp³-hybridized carbons (Fsp3) is 0.333. The van der Waals surface area contributed by atoms with Gasteiger partial charge in [0, 0.05) is 6.20 Å². The molecule has 6 heteroatoms. The Hall–Kier alpha value is -1.61. The maximum Gasteiger partial charge on any atom is 0.250 e. The predicted molar refractivity (Wildman–Crippen MR) is 56.6 cm³/mol. The van der Waals surface area contributed by atoms with Gasteiger partial charge in [0.25, 0.3) is 0 Å². The van der Waals surface area contributed by atoms with Gasteiger partial charge in [-0.25, -0.2) is 13.4 Å². The van der Waals surface area contributed by atoms with Crippen LogP contribution in [0.25, 0.3) is 0 Å². The first kappa shape index (κ1) is 11.5. The molecule has 0 amide bonds. The highest BCUT2D eigenvalue weighted by Gasteiger charge is 2.20. The molecule has 0 aliphatic rings. The van der Waals surface area contributed by atoms with Gasteiger partial charge >= 0.3 is 0 Å². The summed E-state index contributed by atoms with van der Waals surface area (Å²) in [6.45, 7) is 3.06. The van der Waals surface area contributed by atoms with Crippen molar-refractivity contribution in [2.75, 3.05) is 4.72 Å². The van der Waals surface area contributed by atoms with Crippen LogP contribution in [0.5, 0.6) is 0 Å². The van der Waals surface area contributed by atoms with Gasteiger partial charge < -0.3 is 0 Å².